The maximum atomic E-state index is 12.7. The minimum absolute atomic E-state index is 0.0744. The molecular formula is C20H25ClN2O3S2. The second-order valence-corrected chi connectivity index (χ2v) is 9.52. The van der Waals surface area contributed by atoms with Crippen molar-refractivity contribution in [3.63, 3.8) is 0 Å². The number of nitrogens with one attached hydrogen (secondary N) is 1. The largest absolute Gasteiger partial charge is 0.352 e. The van der Waals surface area contributed by atoms with E-state index in [9.17, 15) is 13.2 Å². The first-order valence-electron chi connectivity index (χ1n) is 9.15. The summed E-state index contributed by atoms with van der Waals surface area (Å²) in [5, 5.41) is 3.05. The third-order valence-corrected chi connectivity index (χ3v) is 7.62. The van der Waals surface area contributed by atoms with E-state index in [1.165, 1.54) is 27.4 Å². The molecule has 0 aromatic heterocycles. The molecule has 1 amide bonds. The minimum atomic E-state index is -3.64. The van der Waals surface area contributed by atoms with Gasteiger partial charge in [-0.2, -0.15) is 4.31 Å². The van der Waals surface area contributed by atoms with Crippen molar-refractivity contribution in [1.82, 2.24) is 9.62 Å². The number of sulfonamides is 1. The Labute approximate surface area is 176 Å². The van der Waals surface area contributed by atoms with Crippen LogP contribution >= 0.6 is 23.4 Å². The van der Waals surface area contributed by atoms with E-state index in [4.69, 9.17) is 11.6 Å². The third-order valence-electron chi connectivity index (χ3n) is 4.14. The molecular weight excluding hydrogens is 416 g/mol. The summed E-state index contributed by atoms with van der Waals surface area (Å²) in [5.74, 6) is 0.500. The average molecular weight is 441 g/mol. The lowest BCUT2D eigenvalue weighted by Crippen LogP contribution is -2.31. The molecule has 0 aliphatic heterocycles. The van der Waals surface area contributed by atoms with Crippen molar-refractivity contribution in [3.05, 3.63) is 59.1 Å². The number of rotatable bonds is 10. The van der Waals surface area contributed by atoms with Crippen LogP contribution in [-0.2, 0) is 10.0 Å². The van der Waals surface area contributed by atoms with Gasteiger partial charge in [0.05, 0.1) is 15.5 Å². The summed E-state index contributed by atoms with van der Waals surface area (Å²) in [7, 11) is -3.64. The Hall–Kier alpha value is -1.54. The number of carbonyl (C=O) groups is 1. The van der Waals surface area contributed by atoms with Gasteiger partial charge in [-0.15, -0.1) is 11.8 Å². The Balaban J connectivity index is 1.97. The van der Waals surface area contributed by atoms with Crippen LogP contribution in [0.2, 0.25) is 5.02 Å². The Morgan fingerprint density at radius 3 is 2.43 bits per heavy atom. The van der Waals surface area contributed by atoms with E-state index in [1.54, 1.807) is 25.6 Å². The molecule has 0 aliphatic rings. The minimum Gasteiger partial charge on any atom is -0.352 e. The lowest BCUT2D eigenvalue weighted by Gasteiger charge is -2.19. The summed E-state index contributed by atoms with van der Waals surface area (Å²) in [6.07, 6.45) is 0.792. The van der Waals surface area contributed by atoms with Gasteiger partial charge in [0.25, 0.3) is 5.91 Å². The van der Waals surface area contributed by atoms with Gasteiger partial charge in [-0.25, -0.2) is 8.42 Å². The van der Waals surface area contributed by atoms with Gasteiger partial charge in [-0.05, 0) is 42.5 Å². The zero-order valence-electron chi connectivity index (χ0n) is 16.0. The Bertz CT molecular complexity index is 886. The fourth-order valence-electron chi connectivity index (χ4n) is 2.63. The number of amides is 1. The van der Waals surface area contributed by atoms with E-state index in [0.29, 0.717) is 19.6 Å². The molecule has 2 aromatic rings. The zero-order valence-corrected chi connectivity index (χ0v) is 18.4. The summed E-state index contributed by atoms with van der Waals surface area (Å²) >= 11 is 7.86. The van der Waals surface area contributed by atoms with Gasteiger partial charge in [0.2, 0.25) is 10.0 Å². The van der Waals surface area contributed by atoms with Gasteiger partial charge in [0.1, 0.15) is 0 Å². The highest BCUT2D eigenvalue weighted by atomic mass is 35.5. The number of thioether (sulfide) groups is 1. The fraction of sp³-hybridized carbons (Fsp3) is 0.350. The maximum Gasteiger partial charge on any atom is 0.252 e. The number of halogens is 1. The number of hydrogen-bond donors (Lipinski definition) is 1. The average Bonchev–Trinajstić information content (AvgIpc) is 2.69. The van der Waals surface area contributed by atoms with Crippen LogP contribution in [0.1, 0.15) is 30.6 Å². The fourth-order valence-corrected chi connectivity index (χ4v) is 5.19. The highest BCUT2D eigenvalue weighted by molar-refractivity contribution is 7.99. The Morgan fingerprint density at radius 2 is 1.79 bits per heavy atom. The molecule has 0 atom stereocenters. The van der Waals surface area contributed by atoms with Gasteiger partial charge < -0.3 is 5.32 Å². The smallest absolute Gasteiger partial charge is 0.252 e. The third kappa shape index (κ3) is 5.98. The second-order valence-electron chi connectivity index (χ2n) is 6.00. The topological polar surface area (TPSA) is 66.5 Å². The van der Waals surface area contributed by atoms with Crippen molar-refractivity contribution < 1.29 is 13.2 Å². The summed E-state index contributed by atoms with van der Waals surface area (Å²) in [5.41, 5.74) is 0.172. The van der Waals surface area contributed by atoms with Gasteiger partial charge >= 0.3 is 0 Å². The summed E-state index contributed by atoms with van der Waals surface area (Å²) < 4.78 is 26.7. The number of carbonyl (C=O) groups excluding carboxylic acids is 1. The summed E-state index contributed by atoms with van der Waals surface area (Å²) in [4.78, 5) is 13.7. The highest BCUT2D eigenvalue weighted by Crippen LogP contribution is 2.23. The van der Waals surface area contributed by atoms with E-state index in [2.05, 4.69) is 5.32 Å². The molecule has 5 nitrogen and oxygen atoms in total. The molecule has 0 aliphatic carbocycles. The molecule has 0 saturated heterocycles. The number of nitrogens with zero attached hydrogens (tertiary/aromatic N) is 1. The molecule has 0 spiro atoms. The second kappa shape index (κ2) is 10.9. The van der Waals surface area contributed by atoms with Crippen LogP contribution in [0.3, 0.4) is 0 Å². The monoisotopic (exact) mass is 440 g/mol. The first kappa shape index (κ1) is 22.7. The van der Waals surface area contributed by atoms with Crippen LogP contribution in [-0.4, -0.2) is 44.0 Å². The Kier molecular flexibility index (Phi) is 8.82. The zero-order chi connectivity index (χ0) is 20.6. The standard InChI is InChI=1S/C20H25ClN2O3S2/c1-3-23(4-2)28(25,26)17-11-12-19(21)18(15-17)20(24)22-13-8-14-27-16-9-6-5-7-10-16/h5-7,9-12,15H,3-4,8,13-14H2,1-2H3,(H,22,24). The molecule has 28 heavy (non-hydrogen) atoms. The van der Waals surface area contributed by atoms with Crippen molar-refractivity contribution in [2.45, 2.75) is 30.1 Å². The van der Waals surface area contributed by atoms with Crippen LogP contribution in [0.4, 0.5) is 0 Å². The molecule has 1 N–H and O–H groups in total. The lowest BCUT2D eigenvalue weighted by atomic mass is 10.2. The first-order chi connectivity index (χ1) is 13.4. The Morgan fingerprint density at radius 1 is 1.11 bits per heavy atom. The number of hydrogen-bond acceptors (Lipinski definition) is 4. The van der Waals surface area contributed by atoms with Crippen LogP contribution in [0.15, 0.2) is 58.3 Å². The molecule has 0 unspecified atom stereocenters. The molecule has 0 bridgehead atoms. The van der Waals surface area contributed by atoms with E-state index in [0.717, 1.165) is 12.2 Å². The van der Waals surface area contributed by atoms with E-state index >= 15 is 0 Å². The first-order valence-corrected chi connectivity index (χ1v) is 12.0. The van der Waals surface area contributed by atoms with Crippen molar-refractivity contribution in [2.24, 2.45) is 0 Å². The van der Waals surface area contributed by atoms with Gasteiger partial charge in [0.15, 0.2) is 0 Å². The highest BCUT2D eigenvalue weighted by Gasteiger charge is 2.23. The van der Waals surface area contributed by atoms with Gasteiger partial charge in [-0.3, -0.25) is 4.79 Å². The van der Waals surface area contributed by atoms with Gasteiger partial charge in [-0.1, -0.05) is 43.6 Å². The molecule has 0 heterocycles. The molecule has 152 valence electrons. The van der Waals surface area contributed by atoms with Crippen molar-refractivity contribution in [2.75, 3.05) is 25.4 Å². The van der Waals surface area contributed by atoms with Crippen molar-refractivity contribution in [3.8, 4) is 0 Å². The molecule has 0 radical (unpaired) electrons. The van der Waals surface area contributed by atoms with Crippen LogP contribution < -0.4 is 5.32 Å². The summed E-state index contributed by atoms with van der Waals surface area (Å²) in [6.45, 7) is 4.77. The van der Waals surface area contributed by atoms with Gasteiger partial charge in [0, 0.05) is 24.5 Å². The van der Waals surface area contributed by atoms with Crippen molar-refractivity contribution in [1.29, 1.82) is 0 Å². The lowest BCUT2D eigenvalue weighted by molar-refractivity contribution is 0.0953. The van der Waals surface area contributed by atoms with Crippen LogP contribution in [0.5, 0.6) is 0 Å². The van der Waals surface area contributed by atoms with E-state index in [-0.39, 0.29) is 21.4 Å². The van der Waals surface area contributed by atoms with Crippen LogP contribution in [0.25, 0.3) is 0 Å². The van der Waals surface area contributed by atoms with Crippen molar-refractivity contribution >= 4 is 39.3 Å². The predicted octanol–water partition coefficient (Wildman–Crippen LogP) is 4.28. The van der Waals surface area contributed by atoms with Crippen LogP contribution in [0, 0.1) is 0 Å². The molecule has 2 rings (SSSR count). The molecule has 0 fully saturated rings. The summed E-state index contributed by atoms with van der Waals surface area (Å²) in [6, 6.07) is 14.3. The molecule has 8 heteroatoms. The van der Waals surface area contributed by atoms with E-state index < -0.39 is 10.0 Å². The normalized spacial score (nSPS) is 11.6. The number of benzene rings is 2. The molecule has 2 aromatic carbocycles. The van der Waals surface area contributed by atoms with E-state index in [1.807, 2.05) is 30.3 Å². The maximum absolute atomic E-state index is 12.7. The molecule has 0 saturated carbocycles. The SMILES string of the molecule is CCN(CC)S(=O)(=O)c1ccc(Cl)c(C(=O)NCCCSc2ccccc2)c1. The quantitative estimate of drug-likeness (QED) is 0.442. The predicted molar refractivity (Wildman–Crippen MR) is 116 cm³/mol.